The zero-order valence-corrected chi connectivity index (χ0v) is 12.5. The van der Waals surface area contributed by atoms with Crippen molar-refractivity contribution in [3.8, 4) is 0 Å². The van der Waals surface area contributed by atoms with Crippen molar-refractivity contribution in [1.29, 1.82) is 0 Å². The van der Waals surface area contributed by atoms with E-state index in [1.165, 1.54) is 18.7 Å². The lowest BCUT2D eigenvalue weighted by Gasteiger charge is -2.17. The summed E-state index contributed by atoms with van der Waals surface area (Å²) in [4.78, 5) is 29.0. The number of hydrogen-bond acceptors (Lipinski definition) is 4. The van der Waals surface area contributed by atoms with Gasteiger partial charge in [0.05, 0.1) is 5.69 Å². The van der Waals surface area contributed by atoms with E-state index in [4.69, 9.17) is 0 Å². The summed E-state index contributed by atoms with van der Waals surface area (Å²) in [5, 5.41) is 0.0962. The monoisotopic (exact) mass is 328 g/mol. The number of aryl methyl sites for hydroxylation is 1. The van der Waals surface area contributed by atoms with Gasteiger partial charge in [-0.25, -0.2) is 4.98 Å². The number of amides is 1. The maximum Gasteiger partial charge on any atom is 0.228 e. The fraction of sp³-hybridized carbons (Fsp3) is 0.417. The molecule has 18 heavy (non-hydrogen) atoms. The number of nitrogens with zero attached hydrogens (tertiary/aromatic N) is 2. The Hall–Kier alpha value is -0.880. The van der Waals surface area contributed by atoms with Crippen LogP contribution in [0.2, 0.25) is 0 Å². The van der Waals surface area contributed by atoms with E-state index in [9.17, 15) is 9.59 Å². The van der Waals surface area contributed by atoms with Crippen molar-refractivity contribution in [1.82, 2.24) is 4.98 Å². The third kappa shape index (κ3) is 2.92. The number of anilines is 1. The van der Waals surface area contributed by atoms with Crippen molar-refractivity contribution < 1.29 is 9.59 Å². The number of hydrogen-bond donors (Lipinski definition) is 0. The zero-order chi connectivity index (χ0) is 13.3. The van der Waals surface area contributed by atoms with Gasteiger partial charge in [0.25, 0.3) is 0 Å². The van der Waals surface area contributed by atoms with Crippen LogP contribution in [0.3, 0.4) is 0 Å². The molecule has 1 saturated heterocycles. The fourth-order valence-electron chi connectivity index (χ4n) is 1.94. The second-order valence-corrected chi connectivity index (χ2v) is 6.43. The van der Waals surface area contributed by atoms with Crippen molar-refractivity contribution in [2.24, 2.45) is 0 Å². The summed E-state index contributed by atoms with van der Waals surface area (Å²) in [6, 6.07) is 3.75. The number of aromatic nitrogens is 1. The SMILES string of the molecule is CC(=O)SC1CC(=O)N(c2ccc(C)nc2Br)C1. The summed E-state index contributed by atoms with van der Waals surface area (Å²) in [6.07, 6.45) is 0.407. The van der Waals surface area contributed by atoms with Crippen molar-refractivity contribution in [2.75, 3.05) is 11.4 Å². The molecule has 4 nitrogen and oxygen atoms in total. The van der Waals surface area contributed by atoms with Crippen LogP contribution in [0.4, 0.5) is 5.69 Å². The maximum atomic E-state index is 12.0. The standard InChI is InChI=1S/C12H13BrN2O2S/c1-7-3-4-10(12(13)14-7)15-6-9(5-11(15)17)18-8(2)16/h3-4,9H,5-6H2,1-2H3. The van der Waals surface area contributed by atoms with Crippen molar-refractivity contribution in [3.05, 3.63) is 22.4 Å². The number of halogens is 1. The molecule has 0 spiro atoms. The highest BCUT2D eigenvalue weighted by molar-refractivity contribution is 9.10. The fourth-order valence-corrected chi connectivity index (χ4v) is 3.49. The summed E-state index contributed by atoms with van der Waals surface area (Å²) in [5.74, 6) is 0.0418. The molecule has 0 aliphatic carbocycles. The predicted octanol–water partition coefficient (Wildman–Crippen LogP) is 2.54. The van der Waals surface area contributed by atoms with E-state index in [0.717, 1.165) is 11.4 Å². The molecule has 0 bridgehead atoms. The van der Waals surface area contributed by atoms with Gasteiger partial charge in [0.15, 0.2) is 5.12 Å². The molecule has 6 heteroatoms. The molecule has 1 unspecified atom stereocenters. The minimum Gasteiger partial charge on any atom is -0.309 e. The quantitative estimate of drug-likeness (QED) is 0.783. The normalized spacial score (nSPS) is 19.4. The summed E-state index contributed by atoms with van der Waals surface area (Å²) in [5.41, 5.74) is 1.67. The highest BCUT2D eigenvalue weighted by atomic mass is 79.9. The maximum absolute atomic E-state index is 12.0. The van der Waals surface area contributed by atoms with Crippen LogP contribution < -0.4 is 4.90 Å². The molecule has 1 aliphatic heterocycles. The Morgan fingerprint density at radius 1 is 1.56 bits per heavy atom. The molecule has 1 aromatic rings. The Kier molecular flexibility index (Phi) is 4.07. The van der Waals surface area contributed by atoms with Gasteiger partial charge in [-0.15, -0.1) is 0 Å². The van der Waals surface area contributed by atoms with E-state index in [0.29, 0.717) is 17.6 Å². The Morgan fingerprint density at radius 3 is 2.89 bits per heavy atom. The van der Waals surface area contributed by atoms with Gasteiger partial charge in [0, 0.05) is 30.8 Å². The van der Waals surface area contributed by atoms with Crippen LogP contribution >= 0.6 is 27.7 Å². The molecular formula is C12H13BrN2O2S. The smallest absolute Gasteiger partial charge is 0.228 e. The second kappa shape index (κ2) is 5.40. The van der Waals surface area contributed by atoms with Crippen LogP contribution in [-0.4, -0.2) is 27.8 Å². The molecule has 1 fully saturated rings. The highest BCUT2D eigenvalue weighted by Gasteiger charge is 2.32. The van der Waals surface area contributed by atoms with Crippen molar-refractivity contribution >= 4 is 44.4 Å². The highest BCUT2D eigenvalue weighted by Crippen LogP contribution is 2.32. The first-order valence-corrected chi connectivity index (χ1v) is 7.25. The van der Waals surface area contributed by atoms with Crippen molar-refractivity contribution in [2.45, 2.75) is 25.5 Å². The van der Waals surface area contributed by atoms with E-state index in [1.54, 1.807) is 4.90 Å². The lowest BCUT2D eigenvalue weighted by Crippen LogP contribution is -2.25. The summed E-state index contributed by atoms with van der Waals surface area (Å²) in [7, 11) is 0. The molecule has 1 aromatic heterocycles. The van der Waals surface area contributed by atoms with Crippen LogP contribution in [0.25, 0.3) is 0 Å². The average molecular weight is 329 g/mol. The van der Waals surface area contributed by atoms with Crippen LogP contribution in [0.15, 0.2) is 16.7 Å². The number of carbonyl (C=O) groups is 2. The molecule has 2 heterocycles. The lowest BCUT2D eigenvalue weighted by atomic mass is 10.3. The van der Waals surface area contributed by atoms with Gasteiger partial charge < -0.3 is 4.90 Å². The molecule has 96 valence electrons. The molecule has 0 saturated carbocycles. The Labute approximate surface area is 118 Å². The van der Waals surface area contributed by atoms with Crippen LogP contribution in [0.5, 0.6) is 0 Å². The van der Waals surface area contributed by atoms with Gasteiger partial charge in [-0.05, 0) is 35.0 Å². The molecule has 1 amide bonds. The third-order valence-electron chi connectivity index (χ3n) is 2.68. The second-order valence-electron chi connectivity index (χ2n) is 4.20. The van der Waals surface area contributed by atoms with Crippen LogP contribution in [-0.2, 0) is 9.59 Å². The summed E-state index contributed by atoms with van der Waals surface area (Å²) >= 11 is 4.61. The third-order valence-corrected chi connectivity index (χ3v) is 4.25. The summed E-state index contributed by atoms with van der Waals surface area (Å²) in [6.45, 7) is 3.99. The van der Waals surface area contributed by atoms with E-state index < -0.39 is 0 Å². The van der Waals surface area contributed by atoms with E-state index >= 15 is 0 Å². The molecule has 1 aliphatic rings. The van der Waals surface area contributed by atoms with Gasteiger partial charge in [-0.2, -0.15) is 0 Å². The van der Waals surface area contributed by atoms with Crippen LogP contribution in [0, 0.1) is 6.92 Å². The Balaban J connectivity index is 2.19. The first-order chi connectivity index (χ1) is 8.47. The Morgan fingerprint density at radius 2 is 2.28 bits per heavy atom. The Bertz CT molecular complexity index is 507. The van der Waals surface area contributed by atoms with Crippen LogP contribution in [0.1, 0.15) is 19.0 Å². The lowest BCUT2D eigenvalue weighted by molar-refractivity contribution is -0.117. The number of rotatable bonds is 2. The number of carbonyl (C=O) groups excluding carboxylic acids is 2. The first kappa shape index (κ1) is 13.5. The first-order valence-electron chi connectivity index (χ1n) is 5.58. The zero-order valence-electron chi connectivity index (χ0n) is 10.1. The minimum absolute atomic E-state index is 0.0418. The molecule has 0 radical (unpaired) electrons. The van der Waals surface area contributed by atoms with E-state index in [-0.39, 0.29) is 16.3 Å². The molecule has 2 rings (SSSR count). The van der Waals surface area contributed by atoms with Gasteiger partial charge in [-0.1, -0.05) is 11.8 Å². The molecular weight excluding hydrogens is 316 g/mol. The molecule has 0 aromatic carbocycles. The largest absolute Gasteiger partial charge is 0.309 e. The van der Waals surface area contributed by atoms with E-state index in [1.807, 2.05) is 19.1 Å². The van der Waals surface area contributed by atoms with Gasteiger partial charge in [-0.3, -0.25) is 9.59 Å². The predicted molar refractivity (Wildman–Crippen MR) is 75.7 cm³/mol. The summed E-state index contributed by atoms with van der Waals surface area (Å²) < 4.78 is 0.671. The molecule has 0 N–H and O–H groups in total. The number of pyridine rings is 1. The van der Waals surface area contributed by atoms with E-state index in [2.05, 4.69) is 20.9 Å². The topological polar surface area (TPSA) is 50.3 Å². The minimum atomic E-state index is 0.0418. The molecule has 1 atom stereocenters. The van der Waals surface area contributed by atoms with Gasteiger partial charge in [0.1, 0.15) is 4.60 Å². The number of thioether (sulfide) groups is 1. The van der Waals surface area contributed by atoms with Crippen molar-refractivity contribution in [3.63, 3.8) is 0 Å². The van der Waals surface area contributed by atoms with Gasteiger partial charge in [0.2, 0.25) is 5.91 Å². The van der Waals surface area contributed by atoms with Gasteiger partial charge >= 0.3 is 0 Å². The average Bonchev–Trinajstić information content (AvgIpc) is 2.58.